The van der Waals surface area contributed by atoms with Crippen molar-refractivity contribution in [1.29, 1.82) is 0 Å². The minimum atomic E-state index is -0.0453. The van der Waals surface area contributed by atoms with Gasteiger partial charge < -0.3 is 10.1 Å². The molecule has 4 heteroatoms. The van der Waals surface area contributed by atoms with E-state index in [4.69, 9.17) is 4.74 Å². The lowest BCUT2D eigenvalue weighted by Crippen LogP contribution is -2.16. The Hall–Kier alpha value is -1.81. The summed E-state index contributed by atoms with van der Waals surface area (Å²) in [6.07, 6.45) is 0.324. The molecular formula is C17H18BrNO2. The van der Waals surface area contributed by atoms with Crippen molar-refractivity contribution in [2.24, 2.45) is 0 Å². The summed E-state index contributed by atoms with van der Waals surface area (Å²) >= 11 is 3.41. The van der Waals surface area contributed by atoms with Gasteiger partial charge in [-0.05, 0) is 36.2 Å². The monoisotopic (exact) mass is 347 g/mol. The fraction of sp³-hybridized carbons (Fsp3) is 0.235. The molecule has 2 aromatic rings. The van der Waals surface area contributed by atoms with Crippen LogP contribution in [0.5, 0.6) is 5.75 Å². The van der Waals surface area contributed by atoms with E-state index >= 15 is 0 Å². The molecule has 21 heavy (non-hydrogen) atoms. The van der Waals surface area contributed by atoms with E-state index in [1.165, 1.54) is 0 Å². The number of amides is 1. The summed E-state index contributed by atoms with van der Waals surface area (Å²) in [6.45, 7) is 2.38. The summed E-state index contributed by atoms with van der Waals surface area (Å²) in [4.78, 5) is 11.9. The van der Waals surface area contributed by atoms with Gasteiger partial charge in [0.05, 0.1) is 13.0 Å². The van der Waals surface area contributed by atoms with Crippen LogP contribution in [0, 0.1) is 6.92 Å². The number of halogens is 1. The van der Waals surface area contributed by atoms with Gasteiger partial charge in [-0.3, -0.25) is 4.79 Å². The molecule has 110 valence electrons. The number of aryl methyl sites for hydroxylation is 1. The van der Waals surface area contributed by atoms with E-state index < -0.39 is 0 Å². The highest BCUT2D eigenvalue weighted by atomic mass is 79.9. The van der Waals surface area contributed by atoms with Gasteiger partial charge in [0.25, 0.3) is 0 Å². The standard InChI is InChI=1S/C17H18BrNO2/c1-13-5-4-7-15(11-13)21-10-9-17(20)19-16-8-3-2-6-14(16)12-18/h2-8,11H,9-10,12H2,1H3,(H,19,20). The summed E-state index contributed by atoms with van der Waals surface area (Å²) in [7, 11) is 0. The minimum absolute atomic E-state index is 0.0453. The smallest absolute Gasteiger partial charge is 0.227 e. The predicted octanol–water partition coefficient (Wildman–Crippen LogP) is 4.30. The highest BCUT2D eigenvalue weighted by molar-refractivity contribution is 9.08. The fourth-order valence-electron chi connectivity index (χ4n) is 1.94. The van der Waals surface area contributed by atoms with Crippen LogP contribution >= 0.6 is 15.9 Å². The summed E-state index contributed by atoms with van der Waals surface area (Å²) in [5.41, 5.74) is 3.04. The van der Waals surface area contributed by atoms with Gasteiger partial charge >= 0.3 is 0 Å². The largest absolute Gasteiger partial charge is 0.493 e. The normalized spacial score (nSPS) is 10.2. The zero-order valence-electron chi connectivity index (χ0n) is 11.9. The van der Waals surface area contributed by atoms with E-state index in [1.807, 2.05) is 55.5 Å². The van der Waals surface area contributed by atoms with Crippen LogP contribution in [0.25, 0.3) is 0 Å². The van der Waals surface area contributed by atoms with Crippen LogP contribution in [0.1, 0.15) is 17.5 Å². The third kappa shape index (κ3) is 4.90. The molecule has 2 aromatic carbocycles. The first kappa shape index (κ1) is 15.6. The molecule has 0 spiro atoms. The molecular weight excluding hydrogens is 330 g/mol. The number of hydrogen-bond acceptors (Lipinski definition) is 2. The Kier molecular flexibility index (Phi) is 5.81. The molecule has 0 radical (unpaired) electrons. The van der Waals surface area contributed by atoms with Crippen LogP contribution in [0.2, 0.25) is 0 Å². The topological polar surface area (TPSA) is 38.3 Å². The van der Waals surface area contributed by atoms with Crippen molar-refractivity contribution in [1.82, 2.24) is 0 Å². The van der Waals surface area contributed by atoms with Gasteiger partial charge in [0, 0.05) is 11.0 Å². The first-order chi connectivity index (χ1) is 10.2. The number of para-hydroxylation sites is 1. The molecule has 1 amide bonds. The van der Waals surface area contributed by atoms with Crippen molar-refractivity contribution in [2.45, 2.75) is 18.7 Å². The van der Waals surface area contributed by atoms with E-state index in [1.54, 1.807) is 0 Å². The number of rotatable bonds is 6. The maximum Gasteiger partial charge on any atom is 0.227 e. The first-order valence-electron chi connectivity index (χ1n) is 6.82. The van der Waals surface area contributed by atoms with E-state index in [-0.39, 0.29) is 5.91 Å². The zero-order valence-corrected chi connectivity index (χ0v) is 13.5. The molecule has 0 aromatic heterocycles. The molecule has 3 nitrogen and oxygen atoms in total. The van der Waals surface area contributed by atoms with E-state index in [9.17, 15) is 4.79 Å². The molecule has 0 heterocycles. The van der Waals surface area contributed by atoms with Gasteiger partial charge in [-0.15, -0.1) is 0 Å². The molecule has 0 fully saturated rings. The molecule has 0 aliphatic carbocycles. The second kappa shape index (κ2) is 7.84. The molecule has 0 bridgehead atoms. The lowest BCUT2D eigenvalue weighted by molar-refractivity contribution is -0.116. The number of carbonyl (C=O) groups is 1. The average Bonchev–Trinajstić information content (AvgIpc) is 2.48. The fourth-order valence-corrected chi connectivity index (χ4v) is 2.43. The summed E-state index contributed by atoms with van der Waals surface area (Å²) < 4.78 is 5.58. The number of carbonyl (C=O) groups excluding carboxylic acids is 1. The van der Waals surface area contributed by atoms with Crippen molar-refractivity contribution in [3.05, 3.63) is 59.7 Å². The lowest BCUT2D eigenvalue weighted by Gasteiger charge is -2.10. The Morgan fingerprint density at radius 3 is 2.76 bits per heavy atom. The van der Waals surface area contributed by atoms with Crippen LogP contribution in [0.3, 0.4) is 0 Å². The number of anilines is 1. The second-order valence-electron chi connectivity index (χ2n) is 4.75. The Labute approximate surface area is 133 Å². The lowest BCUT2D eigenvalue weighted by atomic mass is 10.2. The van der Waals surface area contributed by atoms with Gasteiger partial charge in [0.15, 0.2) is 0 Å². The molecule has 0 atom stereocenters. The quantitative estimate of drug-likeness (QED) is 0.791. The van der Waals surface area contributed by atoms with Crippen molar-refractivity contribution >= 4 is 27.5 Å². The summed E-state index contributed by atoms with van der Waals surface area (Å²) in [5.74, 6) is 0.750. The highest BCUT2D eigenvalue weighted by Gasteiger charge is 2.06. The third-order valence-electron chi connectivity index (χ3n) is 3.02. The van der Waals surface area contributed by atoms with Gasteiger partial charge in [0.1, 0.15) is 5.75 Å². The molecule has 0 saturated heterocycles. The first-order valence-corrected chi connectivity index (χ1v) is 7.94. The predicted molar refractivity (Wildman–Crippen MR) is 89.0 cm³/mol. The number of alkyl halides is 1. The molecule has 1 N–H and O–H groups in total. The van der Waals surface area contributed by atoms with Crippen LogP contribution < -0.4 is 10.1 Å². The van der Waals surface area contributed by atoms with E-state index in [0.717, 1.165) is 22.6 Å². The van der Waals surface area contributed by atoms with Crippen LogP contribution in [-0.4, -0.2) is 12.5 Å². The average molecular weight is 348 g/mol. The molecule has 0 unspecified atom stereocenters. The van der Waals surface area contributed by atoms with Crippen molar-refractivity contribution < 1.29 is 9.53 Å². The highest BCUT2D eigenvalue weighted by Crippen LogP contribution is 2.18. The SMILES string of the molecule is Cc1cccc(OCCC(=O)Nc2ccccc2CBr)c1. The van der Waals surface area contributed by atoms with Crippen LogP contribution in [0.4, 0.5) is 5.69 Å². The number of nitrogens with one attached hydrogen (secondary N) is 1. The molecule has 2 rings (SSSR count). The maximum absolute atomic E-state index is 11.9. The van der Waals surface area contributed by atoms with Crippen LogP contribution in [-0.2, 0) is 10.1 Å². The van der Waals surface area contributed by atoms with Crippen molar-refractivity contribution in [2.75, 3.05) is 11.9 Å². The minimum Gasteiger partial charge on any atom is -0.493 e. The number of ether oxygens (including phenoxy) is 1. The van der Waals surface area contributed by atoms with Crippen molar-refractivity contribution in [3.8, 4) is 5.75 Å². The van der Waals surface area contributed by atoms with Gasteiger partial charge in [-0.2, -0.15) is 0 Å². The van der Waals surface area contributed by atoms with Gasteiger partial charge in [-0.25, -0.2) is 0 Å². The summed E-state index contributed by atoms with van der Waals surface area (Å²) in [5, 5.41) is 3.62. The Balaban J connectivity index is 1.82. The Morgan fingerprint density at radius 2 is 2.00 bits per heavy atom. The Bertz CT molecular complexity index is 613. The second-order valence-corrected chi connectivity index (χ2v) is 5.31. The third-order valence-corrected chi connectivity index (χ3v) is 3.63. The van der Waals surface area contributed by atoms with E-state index in [0.29, 0.717) is 18.4 Å². The molecule has 0 aliphatic rings. The summed E-state index contributed by atoms with van der Waals surface area (Å²) in [6, 6.07) is 15.5. The van der Waals surface area contributed by atoms with Crippen LogP contribution in [0.15, 0.2) is 48.5 Å². The molecule has 0 saturated carbocycles. The van der Waals surface area contributed by atoms with Gasteiger partial charge in [0.2, 0.25) is 5.91 Å². The van der Waals surface area contributed by atoms with Gasteiger partial charge in [-0.1, -0.05) is 46.3 Å². The van der Waals surface area contributed by atoms with Crippen molar-refractivity contribution in [3.63, 3.8) is 0 Å². The zero-order chi connectivity index (χ0) is 15.1. The van der Waals surface area contributed by atoms with E-state index in [2.05, 4.69) is 21.2 Å². The number of hydrogen-bond donors (Lipinski definition) is 1. The molecule has 0 aliphatic heterocycles. The maximum atomic E-state index is 11.9. The Morgan fingerprint density at radius 1 is 1.19 bits per heavy atom. The number of benzene rings is 2.